The molecule has 0 unspecified atom stereocenters. The predicted molar refractivity (Wildman–Crippen MR) is 62.2 cm³/mol. The molecule has 2 N–H and O–H groups in total. The van der Waals surface area contributed by atoms with Crippen LogP contribution in [-0.2, 0) is 0 Å². The van der Waals surface area contributed by atoms with Crippen LogP contribution in [0.1, 0.15) is 39.4 Å². The molecule has 4 heteroatoms. The average molecular weight is 209 g/mol. The van der Waals surface area contributed by atoms with E-state index in [1.807, 2.05) is 0 Å². The Morgan fingerprint density at radius 1 is 1.47 bits per heavy atom. The van der Waals surface area contributed by atoms with Crippen LogP contribution in [0.5, 0.6) is 0 Å². The molecule has 4 nitrogen and oxygen atoms in total. The van der Waals surface area contributed by atoms with Crippen LogP contribution in [-0.4, -0.2) is 15.5 Å². The number of rotatable bonds is 4. The standard InChI is InChI=1S/C11H19N3O/c1-5-11(4,6-2)14-9-7-10(15)13-8(3)12-9/h7H,5-6H2,1-4H3,(H2,12,13,14,15). The molecular formula is C11H19N3O. The number of hydrogen-bond donors (Lipinski definition) is 2. The zero-order valence-electron chi connectivity index (χ0n) is 9.85. The molecule has 1 aromatic heterocycles. The monoisotopic (exact) mass is 209 g/mol. The average Bonchev–Trinajstić information content (AvgIpc) is 2.16. The largest absolute Gasteiger partial charge is 0.365 e. The van der Waals surface area contributed by atoms with Gasteiger partial charge in [0.05, 0.1) is 0 Å². The van der Waals surface area contributed by atoms with Gasteiger partial charge in [-0.15, -0.1) is 0 Å². The number of H-pyrrole nitrogens is 1. The summed E-state index contributed by atoms with van der Waals surface area (Å²) in [7, 11) is 0. The van der Waals surface area contributed by atoms with Gasteiger partial charge in [0.25, 0.3) is 5.56 Å². The van der Waals surface area contributed by atoms with Gasteiger partial charge in [0, 0.05) is 11.6 Å². The van der Waals surface area contributed by atoms with Crippen LogP contribution in [0.3, 0.4) is 0 Å². The lowest BCUT2D eigenvalue weighted by molar-refractivity contribution is 0.476. The van der Waals surface area contributed by atoms with Crippen molar-refractivity contribution in [2.45, 2.75) is 46.1 Å². The van der Waals surface area contributed by atoms with Gasteiger partial charge in [-0.2, -0.15) is 0 Å². The van der Waals surface area contributed by atoms with E-state index in [0.717, 1.165) is 12.8 Å². The van der Waals surface area contributed by atoms with Crippen LogP contribution in [0.15, 0.2) is 10.9 Å². The minimum absolute atomic E-state index is 0.00718. The van der Waals surface area contributed by atoms with Gasteiger partial charge in [0.15, 0.2) is 0 Å². The Labute approximate surface area is 90.1 Å². The maximum atomic E-state index is 11.2. The minimum Gasteiger partial charge on any atom is -0.365 e. The van der Waals surface area contributed by atoms with Gasteiger partial charge >= 0.3 is 0 Å². The third-order valence-corrected chi connectivity index (χ3v) is 2.85. The SMILES string of the molecule is CCC(C)(CC)Nc1cc(=O)[nH]c(C)n1. The van der Waals surface area contributed by atoms with Crippen molar-refractivity contribution in [3.8, 4) is 0 Å². The van der Waals surface area contributed by atoms with Gasteiger partial charge in [-0.1, -0.05) is 13.8 Å². The molecule has 1 heterocycles. The summed E-state index contributed by atoms with van der Waals surface area (Å²) in [4.78, 5) is 18.1. The van der Waals surface area contributed by atoms with Gasteiger partial charge in [0.1, 0.15) is 11.6 Å². The summed E-state index contributed by atoms with van der Waals surface area (Å²) in [6.07, 6.45) is 1.99. The molecule has 0 saturated heterocycles. The number of aryl methyl sites for hydroxylation is 1. The molecule has 15 heavy (non-hydrogen) atoms. The highest BCUT2D eigenvalue weighted by Crippen LogP contribution is 2.19. The molecule has 1 aromatic rings. The molecular weight excluding hydrogens is 190 g/mol. The molecule has 0 aliphatic rings. The van der Waals surface area contributed by atoms with Crippen LogP contribution in [0.4, 0.5) is 5.82 Å². The summed E-state index contributed by atoms with van der Waals surface area (Å²) in [5.41, 5.74) is -0.104. The molecule has 0 spiro atoms. The van der Waals surface area contributed by atoms with E-state index in [4.69, 9.17) is 0 Å². The number of nitrogens with one attached hydrogen (secondary N) is 2. The molecule has 0 fully saturated rings. The molecule has 1 rings (SSSR count). The number of aromatic amines is 1. The fourth-order valence-corrected chi connectivity index (χ4v) is 1.38. The summed E-state index contributed by atoms with van der Waals surface area (Å²) in [5, 5.41) is 3.31. The van der Waals surface area contributed by atoms with Gasteiger partial charge in [-0.05, 0) is 26.7 Å². The normalized spacial score (nSPS) is 11.5. The maximum Gasteiger partial charge on any atom is 0.252 e. The summed E-state index contributed by atoms with van der Waals surface area (Å²) in [5.74, 6) is 1.29. The Balaban J connectivity index is 2.93. The fraction of sp³-hybridized carbons (Fsp3) is 0.636. The topological polar surface area (TPSA) is 57.8 Å². The van der Waals surface area contributed by atoms with Crippen LogP contribution in [0.25, 0.3) is 0 Å². The first-order chi connectivity index (χ1) is 6.99. The van der Waals surface area contributed by atoms with E-state index < -0.39 is 0 Å². The molecule has 0 aliphatic carbocycles. The third kappa shape index (κ3) is 3.08. The Hall–Kier alpha value is -1.32. The highest BCUT2D eigenvalue weighted by atomic mass is 16.1. The molecule has 0 atom stereocenters. The molecule has 0 bridgehead atoms. The van der Waals surface area contributed by atoms with E-state index >= 15 is 0 Å². The minimum atomic E-state index is -0.112. The van der Waals surface area contributed by atoms with Crippen molar-refractivity contribution in [1.29, 1.82) is 0 Å². The van der Waals surface area contributed by atoms with E-state index in [-0.39, 0.29) is 11.1 Å². The van der Waals surface area contributed by atoms with Crippen LogP contribution in [0, 0.1) is 6.92 Å². The van der Waals surface area contributed by atoms with Crippen molar-refractivity contribution < 1.29 is 0 Å². The lowest BCUT2D eigenvalue weighted by atomic mass is 9.96. The molecule has 0 aliphatic heterocycles. The second-order valence-electron chi connectivity index (χ2n) is 4.11. The summed E-state index contributed by atoms with van der Waals surface area (Å²) >= 11 is 0. The lowest BCUT2D eigenvalue weighted by Gasteiger charge is -2.28. The Bertz CT molecular complexity index is 380. The van der Waals surface area contributed by atoms with Crippen molar-refractivity contribution >= 4 is 5.82 Å². The summed E-state index contributed by atoms with van der Waals surface area (Å²) in [6.45, 7) is 8.15. The van der Waals surface area contributed by atoms with Gasteiger partial charge in [-0.25, -0.2) is 4.98 Å². The van der Waals surface area contributed by atoms with Crippen molar-refractivity contribution in [3.63, 3.8) is 0 Å². The predicted octanol–water partition coefficient (Wildman–Crippen LogP) is 2.07. The van der Waals surface area contributed by atoms with Gasteiger partial charge in [-0.3, -0.25) is 4.79 Å². The Kier molecular flexibility index (Phi) is 3.50. The zero-order valence-corrected chi connectivity index (χ0v) is 9.85. The number of nitrogens with zero attached hydrogens (tertiary/aromatic N) is 1. The third-order valence-electron chi connectivity index (χ3n) is 2.85. The number of anilines is 1. The lowest BCUT2D eigenvalue weighted by Crippen LogP contribution is -2.34. The van der Waals surface area contributed by atoms with Crippen LogP contribution < -0.4 is 10.9 Å². The smallest absolute Gasteiger partial charge is 0.252 e. The fourth-order valence-electron chi connectivity index (χ4n) is 1.38. The number of hydrogen-bond acceptors (Lipinski definition) is 3. The Morgan fingerprint density at radius 3 is 2.53 bits per heavy atom. The number of aromatic nitrogens is 2. The molecule has 84 valence electrons. The van der Waals surface area contributed by atoms with Crippen molar-refractivity contribution in [2.24, 2.45) is 0 Å². The molecule has 0 aromatic carbocycles. The van der Waals surface area contributed by atoms with E-state index in [1.54, 1.807) is 6.92 Å². The second kappa shape index (κ2) is 4.47. The highest BCUT2D eigenvalue weighted by Gasteiger charge is 2.19. The first kappa shape index (κ1) is 11.8. The second-order valence-corrected chi connectivity index (χ2v) is 4.11. The van der Waals surface area contributed by atoms with E-state index in [1.165, 1.54) is 6.07 Å². The molecule has 0 saturated carbocycles. The van der Waals surface area contributed by atoms with E-state index in [2.05, 4.69) is 36.1 Å². The summed E-state index contributed by atoms with van der Waals surface area (Å²) < 4.78 is 0. The summed E-state index contributed by atoms with van der Waals surface area (Å²) in [6, 6.07) is 1.50. The quantitative estimate of drug-likeness (QED) is 0.798. The molecule has 0 amide bonds. The van der Waals surface area contributed by atoms with E-state index in [9.17, 15) is 4.79 Å². The first-order valence-corrected chi connectivity index (χ1v) is 5.35. The maximum absolute atomic E-state index is 11.2. The zero-order chi connectivity index (χ0) is 11.5. The Morgan fingerprint density at radius 2 is 2.07 bits per heavy atom. The van der Waals surface area contributed by atoms with Crippen LogP contribution in [0.2, 0.25) is 0 Å². The van der Waals surface area contributed by atoms with Crippen molar-refractivity contribution in [2.75, 3.05) is 5.32 Å². The van der Waals surface area contributed by atoms with Crippen LogP contribution >= 0.6 is 0 Å². The van der Waals surface area contributed by atoms with Crippen molar-refractivity contribution in [1.82, 2.24) is 9.97 Å². The first-order valence-electron chi connectivity index (χ1n) is 5.35. The van der Waals surface area contributed by atoms with Crippen molar-refractivity contribution in [3.05, 3.63) is 22.2 Å². The van der Waals surface area contributed by atoms with E-state index in [0.29, 0.717) is 11.6 Å². The highest BCUT2D eigenvalue weighted by molar-refractivity contribution is 5.36. The van der Waals surface area contributed by atoms with Gasteiger partial charge < -0.3 is 10.3 Å². The van der Waals surface area contributed by atoms with Gasteiger partial charge in [0.2, 0.25) is 0 Å². The molecule has 0 radical (unpaired) electrons.